The molecule has 0 heterocycles. The van der Waals surface area contributed by atoms with Crippen molar-refractivity contribution in [3.8, 4) is 5.75 Å². The van der Waals surface area contributed by atoms with Crippen molar-refractivity contribution in [1.82, 2.24) is 5.43 Å². The minimum atomic E-state index is -0.159. The van der Waals surface area contributed by atoms with E-state index in [2.05, 4.69) is 5.43 Å². The summed E-state index contributed by atoms with van der Waals surface area (Å²) in [7, 11) is 1.57. The molecule has 0 aliphatic carbocycles. The monoisotopic (exact) mass is 344 g/mol. The lowest BCUT2D eigenvalue weighted by molar-refractivity contribution is 0.413. The summed E-state index contributed by atoms with van der Waals surface area (Å²) in [5.74, 6) is 6.27. The Morgan fingerprint density at radius 2 is 1.76 bits per heavy atom. The van der Waals surface area contributed by atoms with E-state index in [9.17, 15) is 0 Å². The second kappa shape index (κ2) is 7.34. The topological polar surface area (TPSA) is 47.3 Å². The van der Waals surface area contributed by atoms with Crippen LogP contribution >= 0.6 is 34.8 Å². The van der Waals surface area contributed by atoms with E-state index < -0.39 is 0 Å². The molecule has 112 valence electrons. The van der Waals surface area contributed by atoms with Crippen LogP contribution in [0.4, 0.5) is 0 Å². The lowest BCUT2D eigenvalue weighted by Gasteiger charge is -2.19. The summed E-state index contributed by atoms with van der Waals surface area (Å²) in [5, 5.41) is 1.78. The fourth-order valence-electron chi connectivity index (χ4n) is 2.10. The number of rotatable bonds is 5. The summed E-state index contributed by atoms with van der Waals surface area (Å²) in [5.41, 5.74) is 4.56. The second-order valence-electron chi connectivity index (χ2n) is 4.52. The predicted octanol–water partition coefficient (Wildman–Crippen LogP) is 4.40. The average molecular weight is 346 g/mol. The quantitative estimate of drug-likeness (QED) is 0.623. The van der Waals surface area contributed by atoms with E-state index in [1.165, 1.54) is 0 Å². The van der Waals surface area contributed by atoms with Crippen LogP contribution in [0.5, 0.6) is 5.75 Å². The molecule has 21 heavy (non-hydrogen) atoms. The smallest absolute Gasteiger partial charge is 0.137 e. The molecule has 3 nitrogen and oxygen atoms in total. The van der Waals surface area contributed by atoms with Crippen molar-refractivity contribution in [1.29, 1.82) is 0 Å². The summed E-state index contributed by atoms with van der Waals surface area (Å²) in [4.78, 5) is 0. The largest absolute Gasteiger partial charge is 0.495 e. The van der Waals surface area contributed by atoms with Gasteiger partial charge < -0.3 is 4.74 Å². The zero-order valence-electron chi connectivity index (χ0n) is 11.4. The lowest BCUT2D eigenvalue weighted by atomic mass is 9.99. The van der Waals surface area contributed by atoms with Gasteiger partial charge in [0.15, 0.2) is 0 Å². The van der Waals surface area contributed by atoms with Crippen molar-refractivity contribution in [2.75, 3.05) is 7.11 Å². The molecule has 0 fully saturated rings. The number of hydrogen-bond donors (Lipinski definition) is 2. The first-order valence-corrected chi connectivity index (χ1v) is 7.42. The van der Waals surface area contributed by atoms with Crippen LogP contribution in [-0.2, 0) is 6.42 Å². The molecular weight excluding hydrogens is 331 g/mol. The molecular formula is C15H15Cl3N2O. The van der Waals surface area contributed by atoms with Crippen molar-refractivity contribution in [3.05, 3.63) is 62.6 Å². The molecule has 2 aromatic carbocycles. The zero-order valence-corrected chi connectivity index (χ0v) is 13.6. The van der Waals surface area contributed by atoms with Crippen LogP contribution in [0.25, 0.3) is 0 Å². The first-order chi connectivity index (χ1) is 10.1. The number of ether oxygens (including phenoxy) is 1. The highest BCUT2D eigenvalue weighted by molar-refractivity contribution is 6.36. The predicted molar refractivity (Wildman–Crippen MR) is 88.2 cm³/mol. The van der Waals surface area contributed by atoms with E-state index in [1.807, 2.05) is 18.2 Å². The van der Waals surface area contributed by atoms with Gasteiger partial charge in [0, 0.05) is 10.0 Å². The van der Waals surface area contributed by atoms with Gasteiger partial charge in [0.1, 0.15) is 5.75 Å². The third-order valence-electron chi connectivity index (χ3n) is 3.25. The molecule has 0 amide bonds. The number of methoxy groups -OCH3 is 1. The van der Waals surface area contributed by atoms with Crippen LogP contribution in [0.1, 0.15) is 17.2 Å². The summed E-state index contributed by atoms with van der Waals surface area (Å²) >= 11 is 18.4. The van der Waals surface area contributed by atoms with Gasteiger partial charge in [-0.2, -0.15) is 0 Å². The minimum Gasteiger partial charge on any atom is -0.495 e. The highest BCUT2D eigenvalue weighted by Gasteiger charge is 2.16. The fraction of sp³-hybridized carbons (Fsp3) is 0.200. The van der Waals surface area contributed by atoms with E-state index in [-0.39, 0.29) is 6.04 Å². The van der Waals surface area contributed by atoms with Crippen LogP contribution in [0, 0.1) is 0 Å². The van der Waals surface area contributed by atoms with E-state index in [4.69, 9.17) is 45.4 Å². The third-order valence-corrected chi connectivity index (χ3v) is 4.27. The minimum absolute atomic E-state index is 0.159. The highest BCUT2D eigenvalue weighted by atomic mass is 35.5. The molecule has 1 unspecified atom stereocenters. The first kappa shape index (κ1) is 16.4. The van der Waals surface area contributed by atoms with Crippen LogP contribution in [0.2, 0.25) is 15.1 Å². The molecule has 0 saturated heterocycles. The number of nitrogens with two attached hydrogens (primary N) is 1. The van der Waals surface area contributed by atoms with E-state index >= 15 is 0 Å². The van der Waals surface area contributed by atoms with Gasteiger partial charge in [0.2, 0.25) is 0 Å². The summed E-state index contributed by atoms with van der Waals surface area (Å²) in [6, 6.07) is 10.8. The van der Waals surface area contributed by atoms with Gasteiger partial charge in [-0.1, -0.05) is 46.9 Å². The molecule has 2 rings (SSSR count). The van der Waals surface area contributed by atoms with Crippen molar-refractivity contribution >= 4 is 34.8 Å². The Balaban J connectivity index is 2.32. The molecule has 0 saturated carbocycles. The number of hydrogen-bond acceptors (Lipinski definition) is 3. The van der Waals surface area contributed by atoms with Gasteiger partial charge in [-0.05, 0) is 41.8 Å². The molecule has 1 atom stereocenters. The van der Waals surface area contributed by atoms with E-state index in [0.717, 1.165) is 11.1 Å². The molecule has 3 N–H and O–H groups in total. The van der Waals surface area contributed by atoms with Crippen LogP contribution in [0.15, 0.2) is 36.4 Å². The maximum absolute atomic E-state index is 6.20. The Morgan fingerprint density at radius 1 is 1.10 bits per heavy atom. The Morgan fingerprint density at radius 3 is 2.33 bits per heavy atom. The second-order valence-corrected chi connectivity index (χ2v) is 5.74. The Labute approximate surface area is 138 Å². The normalized spacial score (nSPS) is 12.2. The van der Waals surface area contributed by atoms with Crippen molar-refractivity contribution in [3.63, 3.8) is 0 Å². The number of halogens is 3. The number of nitrogens with one attached hydrogen (secondary N) is 1. The van der Waals surface area contributed by atoms with Crippen molar-refractivity contribution < 1.29 is 4.74 Å². The molecule has 0 aliphatic rings. The molecule has 0 radical (unpaired) electrons. The maximum atomic E-state index is 6.20. The van der Waals surface area contributed by atoms with Crippen LogP contribution in [-0.4, -0.2) is 7.11 Å². The van der Waals surface area contributed by atoms with Gasteiger partial charge in [-0.15, -0.1) is 0 Å². The zero-order chi connectivity index (χ0) is 15.4. The number of benzene rings is 2. The van der Waals surface area contributed by atoms with Gasteiger partial charge in [-0.25, -0.2) is 0 Å². The summed E-state index contributed by atoms with van der Waals surface area (Å²) in [6.07, 6.45) is 0.555. The molecule has 2 aromatic rings. The average Bonchev–Trinajstić information content (AvgIpc) is 2.48. The Kier molecular flexibility index (Phi) is 5.73. The third kappa shape index (κ3) is 3.82. The molecule has 0 aliphatic heterocycles. The van der Waals surface area contributed by atoms with Gasteiger partial charge in [0.25, 0.3) is 0 Å². The molecule has 0 bridgehead atoms. The molecule has 6 heteroatoms. The summed E-state index contributed by atoms with van der Waals surface area (Å²) < 4.78 is 5.23. The fourth-order valence-corrected chi connectivity index (χ4v) is 2.84. The first-order valence-electron chi connectivity index (χ1n) is 6.29. The lowest BCUT2D eigenvalue weighted by Crippen LogP contribution is -2.29. The van der Waals surface area contributed by atoms with Crippen LogP contribution < -0.4 is 16.0 Å². The highest BCUT2D eigenvalue weighted by Crippen LogP contribution is 2.32. The maximum Gasteiger partial charge on any atom is 0.137 e. The van der Waals surface area contributed by atoms with E-state index in [0.29, 0.717) is 27.2 Å². The molecule has 0 aromatic heterocycles. The summed E-state index contributed by atoms with van der Waals surface area (Å²) in [6.45, 7) is 0. The SMILES string of the molecule is COc1cc(C(Cc2c(Cl)cccc2Cl)NN)ccc1Cl. The van der Waals surface area contributed by atoms with E-state index in [1.54, 1.807) is 25.3 Å². The molecule has 0 spiro atoms. The Bertz CT molecular complexity index is 614. The number of hydrazine groups is 1. The van der Waals surface area contributed by atoms with Crippen LogP contribution in [0.3, 0.4) is 0 Å². The Hall–Kier alpha value is -0.970. The van der Waals surface area contributed by atoms with Gasteiger partial charge >= 0.3 is 0 Å². The van der Waals surface area contributed by atoms with Crippen molar-refractivity contribution in [2.24, 2.45) is 5.84 Å². The van der Waals surface area contributed by atoms with Gasteiger partial charge in [-0.3, -0.25) is 11.3 Å². The van der Waals surface area contributed by atoms with Crippen molar-refractivity contribution in [2.45, 2.75) is 12.5 Å². The standard InChI is InChI=1S/C15H15Cl3N2O/c1-21-15-7-9(5-6-13(15)18)14(20-19)8-10-11(16)3-2-4-12(10)17/h2-7,14,20H,8,19H2,1H3. The van der Waals surface area contributed by atoms with Gasteiger partial charge in [0.05, 0.1) is 18.2 Å².